The fourth-order valence-corrected chi connectivity index (χ4v) is 1.26. The van der Waals surface area contributed by atoms with Crippen molar-refractivity contribution in [3.63, 3.8) is 0 Å². The standard InChI is InChI=1S/C7H6FO2S/c8-11(9,10)6-7-4-2-1-3-5-7/h1-4H,6H2. The van der Waals surface area contributed by atoms with E-state index in [0.717, 1.165) is 0 Å². The molecule has 0 saturated carbocycles. The highest BCUT2D eigenvalue weighted by Crippen LogP contribution is 2.05. The second-order valence-electron chi connectivity index (χ2n) is 2.07. The smallest absolute Gasteiger partial charge is 0.194 e. The second kappa shape index (κ2) is 3.00. The van der Waals surface area contributed by atoms with Gasteiger partial charge in [-0.3, -0.25) is 0 Å². The highest BCUT2D eigenvalue weighted by Gasteiger charge is 2.07. The number of rotatable bonds is 2. The molecular weight excluding hydrogens is 167 g/mol. The maximum absolute atomic E-state index is 12.0. The van der Waals surface area contributed by atoms with Crippen LogP contribution in [0.1, 0.15) is 5.56 Å². The molecule has 0 unspecified atom stereocenters. The normalized spacial score (nSPS) is 11.4. The zero-order chi connectivity index (χ0) is 8.32. The third-order valence-electron chi connectivity index (χ3n) is 1.10. The first-order valence-electron chi connectivity index (χ1n) is 2.96. The Kier molecular flexibility index (Phi) is 2.24. The van der Waals surface area contributed by atoms with Gasteiger partial charge in [0.15, 0.2) is 0 Å². The maximum atomic E-state index is 12.0. The van der Waals surface area contributed by atoms with Gasteiger partial charge in [-0.1, -0.05) is 24.3 Å². The van der Waals surface area contributed by atoms with Crippen LogP contribution in [-0.4, -0.2) is 8.42 Å². The molecule has 1 rings (SSSR count). The van der Waals surface area contributed by atoms with Gasteiger partial charge in [-0.25, -0.2) is 0 Å². The Labute approximate surface area is 64.9 Å². The molecule has 0 spiro atoms. The monoisotopic (exact) mass is 173 g/mol. The Bertz CT molecular complexity index is 318. The third kappa shape index (κ3) is 3.13. The molecule has 1 aromatic carbocycles. The summed E-state index contributed by atoms with van der Waals surface area (Å²) in [5, 5.41) is 0. The molecule has 0 saturated heterocycles. The summed E-state index contributed by atoms with van der Waals surface area (Å²) in [5.74, 6) is -0.589. The van der Waals surface area contributed by atoms with Crippen molar-refractivity contribution in [2.24, 2.45) is 0 Å². The molecule has 1 radical (unpaired) electrons. The van der Waals surface area contributed by atoms with Gasteiger partial charge in [0.05, 0.1) is 0 Å². The lowest BCUT2D eigenvalue weighted by Crippen LogP contribution is -1.95. The molecule has 1 aromatic rings. The molecule has 0 N–H and O–H groups in total. The van der Waals surface area contributed by atoms with Gasteiger partial charge in [0.1, 0.15) is 5.75 Å². The summed E-state index contributed by atoms with van der Waals surface area (Å²) in [6, 6.07) is 8.98. The van der Waals surface area contributed by atoms with Crippen molar-refractivity contribution in [1.82, 2.24) is 0 Å². The SMILES string of the molecule is O=S(=O)(F)Cc1[c]cccc1. The summed E-state index contributed by atoms with van der Waals surface area (Å²) in [4.78, 5) is 0. The quantitative estimate of drug-likeness (QED) is 0.631. The van der Waals surface area contributed by atoms with Crippen LogP contribution >= 0.6 is 0 Å². The van der Waals surface area contributed by atoms with Crippen molar-refractivity contribution in [3.05, 3.63) is 35.9 Å². The van der Waals surface area contributed by atoms with Crippen LogP contribution in [0.2, 0.25) is 0 Å². The van der Waals surface area contributed by atoms with E-state index in [1.165, 1.54) is 6.07 Å². The Morgan fingerprint density at radius 3 is 2.64 bits per heavy atom. The minimum absolute atomic E-state index is 0.343. The van der Waals surface area contributed by atoms with E-state index in [1.54, 1.807) is 18.2 Å². The Hall–Kier alpha value is -0.900. The molecule has 0 bridgehead atoms. The van der Waals surface area contributed by atoms with Gasteiger partial charge < -0.3 is 0 Å². The van der Waals surface area contributed by atoms with Crippen molar-refractivity contribution in [3.8, 4) is 0 Å². The minimum atomic E-state index is -4.41. The summed E-state index contributed by atoms with van der Waals surface area (Å²) in [7, 11) is -4.41. The maximum Gasteiger partial charge on any atom is 0.306 e. The Morgan fingerprint density at radius 2 is 2.18 bits per heavy atom. The third-order valence-corrected chi connectivity index (χ3v) is 1.76. The predicted octanol–water partition coefficient (Wildman–Crippen LogP) is 1.29. The van der Waals surface area contributed by atoms with Gasteiger partial charge in [-0.2, -0.15) is 8.42 Å². The second-order valence-corrected chi connectivity index (χ2v) is 3.44. The molecule has 11 heavy (non-hydrogen) atoms. The highest BCUT2D eigenvalue weighted by atomic mass is 32.3. The molecule has 59 valence electrons. The number of hydrogen-bond donors (Lipinski definition) is 0. The Balaban J connectivity index is 2.82. The molecule has 0 aliphatic carbocycles. The summed E-state index contributed by atoms with van der Waals surface area (Å²) in [6.07, 6.45) is 0. The first kappa shape index (κ1) is 8.20. The van der Waals surface area contributed by atoms with Gasteiger partial charge in [-0.15, -0.1) is 3.89 Å². The lowest BCUT2D eigenvalue weighted by atomic mass is 10.2. The summed E-state index contributed by atoms with van der Waals surface area (Å²) in [5.41, 5.74) is 0.343. The first-order valence-corrected chi connectivity index (χ1v) is 4.51. The van der Waals surface area contributed by atoms with Crippen molar-refractivity contribution >= 4 is 10.2 Å². The summed E-state index contributed by atoms with van der Waals surface area (Å²) in [6.45, 7) is 0. The molecule has 0 atom stereocenters. The van der Waals surface area contributed by atoms with Gasteiger partial charge >= 0.3 is 10.2 Å². The lowest BCUT2D eigenvalue weighted by Gasteiger charge is -1.92. The summed E-state index contributed by atoms with van der Waals surface area (Å²) < 4.78 is 32.3. The molecule has 0 aliphatic heterocycles. The van der Waals surface area contributed by atoms with E-state index in [1.807, 2.05) is 0 Å². The van der Waals surface area contributed by atoms with Crippen molar-refractivity contribution in [2.75, 3.05) is 0 Å². The molecule has 4 heteroatoms. The zero-order valence-corrected chi connectivity index (χ0v) is 6.44. The molecule has 0 fully saturated rings. The first-order chi connectivity index (χ1) is 5.08. The average Bonchev–Trinajstić information content (AvgIpc) is 1.85. The van der Waals surface area contributed by atoms with E-state index in [4.69, 9.17) is 0 Å². The lowest BCUT2D eigenvalue weighted by molar-refractivity contribution is 0.551. The van der Waals surface area contributed by atoms with Gasteiger partial charge in [-0.05, 0) is 11.6 Å². The van der Waals surface area contributed by atoms with Crippen LogP contribution in [0.25, 0.3) is 0 Å². The number of benzene rings is 1. The highest BCUT2D eigenvalue weighted by molar-refractivity contribution is 7.85. The minimum Gasteiger partial charge on any atom is -0.194 e. The van der Waals surface area contributed by atoms with E-state index >= 15 is 0 Å². The van der Waals surface area contributed by atoms with E-state index in [-0.39, 0.29) is 0 Å². The van der Waals surface area contributed by atoms with Crippen LogP contribution in [0.4, 0.5) is 3.89 Å². The van der Waals surface area contributed by atoms with E-state index in [9.17, 15) is 12.3 Å². The van der Waals surface area contributed by atoms with E-state index < -0.39 is 16.0 Å². The van der Waals surface area contributed by atoms with Crippen LogP contribution in [0.3, 0.4) is 0 Å². The van der Waals surface area contributed by atoms with Crippen molar-refractivity contribution in [1.29, 1.82) is 0 Å². The molecule has 0 amide bonds. The fourth-order valence-electron chi connectivity index (χ4n) is 0.706. The van der Waals surface area contributed by atoms with Crippen LogP contribution in [0, 0.1) is 6.07 Å². The van der Waals surface area contributed by atoms with Crippen LogP contribution in [-0.2, 0) is 16.0 Å². The topological polar surface area (TPSA) is 34.1 Å². The average molecular weight is 173 g/mol. The van der Waals surface area contributed by atoms with Crippen LogP contribution in [0.5, 0.6) is 0 Å². The molecule has 2 nitrogen and oxygen atoms in total. The van der Waals surface area contributed by atoms with Crippen molar-refractivity contribution in [2.45, 2.75) is 5.75 Å². The van der Waals surface area contributed by atoms with Crippen molar-refractivity contribution < 1.29 is 12.3 Å². The molecule has 0 aliphatic rings. The van der Waals surface area contributed by atoms with E-state index in [0.29, 0.717) is 5.56 Å². The molecule has 0 heterocycles. The Morgan fingerprint density at radius 1 is 1.45 bits per heavy atom. The van der Waals surface area contributed by atoms with Gasteiger partial charge in [0.25, 0.3) is 0 Å². The fraction of sp³-hybridized carbons (Fsp3) is 0.143. The number of hydrogen-bond acceptors (Lipinski definition) is 2. The van der Waals surface area contributed by atoms with Crippen LogP contribution in [0.15, 0.2) is 24.3 Å². The zero-order valence-electron chi connectivity index (χ0n) is 5.62. The predicted molar refractivity (Wildman–Crippen MR) is 39.0 cm³/mol. The summed E-state index contributed by atoms with van der Waals surface area (Å²) >= 11 is 0. The van der Waals surface area contributed by atoms with Gasteiger partial charge in [0, 0.05) is 0 Å². The molecular formula is C7H6FO2S. The largest absolute Gasteiger partial charge is 0.306 e. The molecule has 0 aromatic heterocycles. The van der Waals surface area contributed by atoms with Gasteiger partial charge in [0.2, 0.25) is 0 Å². The van der Waals surface area contributed by atoms with Crippen LogP contribution < -0.4 is 0 Å². The van der Waals surface area contributed by atoms with E-state index in [2.05, 4.69) is 6.07 Å². The number of halogens is 1.